The van der Waals surface area contributed by atoms with Crippen molar-refractivity contribution < 1.29 is 10.0 Å². The number of benzene rings is 1. The van der Waals surface area contributed by atoms with E-state index in [0.29, 0.717) is 25.2 Å². The van der Waals surface area contributed by atoms with E-state index in [2.05, 4.69) is 0 Å². The molecule has 5 heteroatoms. The third-order valence-corrected chi connectivity index (χ3v) is 3.12. The molecule has 1 N–H and O–H groups in total. The van der Waals surface area contributed by atoms with Gasteiger partial charge in [-0.05, 0) is 31.9 Å². The minimum atomic E-state index is -0.752. The van der Waals surface area contributed by atoms with Crippen LogP contribution in [0.5, 0.6) is 0 Å². The van der Waals surface area contributed by atoms with Gasteiger partial charge in [-0.25, -0.2) is 0 Å². The van der Waals surface area contributed by atoms with E-state index in [-0.39, 0.29) is 10.6 Å². The molecule has 1 aliphatic rings. The molecule has 1 fully saturated rings. The third-order valence-electron chi connectivity index (χ3n) is 3.12. The molecule has 1 aromatic rings. The average molecular weight is 236 g/mol. The summed E-state index contributed by atoms with van der Waals surface area (Å²) in [6.07, 6.45) is 0.637. The van der Waals surface area contributed by atoms with Crippen LogP contribution in [0.3, 0.4) is 0 Å². The lowest BCUT2D eigenvalue weighted by atomic mass is 10.1. The Bertz CT molecular complexity index is 457. The maximum absolute atomic E-state index is 11.0. The van der Waals surface area contributed by atoms with Crippen LogP contribution in [0.1, 0.15) is 18.9 Å². The van der Waals surface area contributed by atoms with E-state index < -0.39 is 5.60 Å². The third kappa shape index (κ3) is 2.39. The number of hydrogen-bond acceptors (Lipinski definition) is 4. The van der Waals surface area contributed by atoms with Gasteiger partial charge in [-0.2, -0.15) is 0 Å². The molecule has 0 spiro atoms. The molecule has 0 aliphatic carbocycles. The van der Waals surface area contributed by atoms with Crippen LogP contribution in [0.2, 0.25) is 0 Å². The Kier molecular flexibility index (Phi) is 2.79. The van der Waals surface area contributed by atoms with Crippen molar-refractivity contribution in [3.05, 3.63) is 33.9 Å². The molecule has 1 atom stereocenters. The maximum Gasteiger partial charge on any atom is 0.292 e. The van der Waals surface area contributed by atoms with Gasteiger partial charge in [0.15, 0.2) is 0 Å². The van der Waals surface area contributed by atoms with Crippen LogP contribution in [-0.2, 0) is 0 Å². The fourth-order valence-corrected chi connectivity index (χ4v) is 2.19. The normalized spacial score (nSPS) is 24.1. The minimum absolute atomic E-state index is 0.105. The average Bonchev–Trinajstić information content (AvgIpc) is 2.58. The Morgan fingerprint density at radius 2 is 2.24 bits per heavy atom. The second-order valence-electron chi connectivity index (χ2n) is 4.92. The van der Waals surface area contributed by atoms with Crippen molar-refractivity contribution in [2.75, 3.05) is 18.0 Å². The number of anilines is 1. The maximum atomic E-state index is 11.0. The number of hydrogen-bond donors (Lipinski definition) is 1. The molecule has 1 aliphatic heterocycles. The number of nitro groups is 1. The van der Waals surface area contributed by atoms with Crippen molar-refractivity contribution in [1.29, 1.82) is 0 Å². The van der Waals surface area contributed by atoms with Crippen LogP contribution < -0.4 is 4.90 Å². The fourth-order valence-electron chi connectivity index (χ4n) is 2.19. The van der Waals surface area contributed by atoms with Crippen LogP contribution in [0.4, 0.5) is 11.4 Å². The van der Waals surface area contributed by atoms with Gasteiger partial charge in [0.1, 0.15) is 5.69 Å². The lowest BCUT2D eigenvalue weighted by Gasteiger charge is -2.21. The molecule has 0 bridgehead atoms. The molecule has 0 saturated carbocycles. The number of aryl methyl sites for hydroxylation is 1. The number of aliphatic hydroxyl groups is 1. The van der Waals surface area contributed by atoms with Crippen molar-refractivity contribution in [3.8, 4) is 0 Å². The summed E-state index contributed by atoms with van der Waals surface area (Å²) in [6, 6.07) is 5.06. The predicted octanol–water partition coefficient (Wildman–Crippen LogP) is 1.86. The molecule has 1 saturated heterocycles. The highest BCUT2D eigenvalue weighted by Crippen LogP contribution is 2.33. The lowest BCUT2D eigenvalue weighted by molar-refractivity contribution is -0.384. The van der Waals surface area contributed by atoms with Gasteiger partial charge in [-0.1, -0.05) is 6.07 Å². The summed E-state index contributed by atoms with van der Waals surface area (Å²) >= 11 is 0. The Morgan fingerprint density at radius 1 is 1.53 bits per heavy atom. The smallest absolute Gasteiger partial charge is 0.292 e. The number of β-amino-alcohol motifs (C(OH)–C–C–N with tert-alkyl or cyclic N) is 1. The molecule has 0 radical (unpaired) electrons. The molecular formula is C12H16N2O3. The highest BCUT2D eigenvalue weighted by molar-refractivity contribution is 5.65. The highest BCUT2D eigenvalue weighted by atomic mass is 16.6. The first-order chi connectivity index (χ1) is 7.89. The SMILES string of the molecule is Cc1ccc([N+](=O)[O-])c(N2CCC(C)(O)C2)c1. The van der Waals surface area contributed by atoms with E-state index in [4.69, 9.17) is 0 Å². The van der Waals surface area contributed by atoms with Crippen LogP contribution in [0.15, 0.2) is 18.2 Å². The summed E-state index contributed by atoms with van der Waals surface area (Å²) in [5.74, 6) is 0. The zero-order chi connectivity index (χ0) is 12.6. The summed E-state index contributed by atoms with van der Waals surface area (Å²) in [4.78, 5) is 12.5. The number of rotatable bonds is 2. The topological polar surface area (TPSA) is 66.6 Å². The van der Waals surface area contributed by atoms with Gasteiger partial charge in [-0.3, -0.25) is 10.1 Å². The molecular weight excluding hydrogens is 220 g/mol. The van der Waals surface area contributed by atoms with E-state index in [1.165, 1.54) is 6.07 Å². The summed E-state index contributed by atoms with van der Waals surface area (Å²) in [6.45, 7) is 4.75. The second-order valence-corrected chi connectivity index (χ2v) is 4.92. The van der Waals surface area contributed by atoms with Gasteiger partial charge in [0.25, 0.3) is 5.69 Å². The van der Waals surface area contributed by atoms with Crippen LogP contribution in [-0.4, -0.2) is 28.7 Å². The fraction of sp³-hybridized carbons (Fsp3) is 0.500. The largest absolute Gasteiger partial charge is 0.388 e. The van der Waals surface area contributed by atoms with Gasteiger partial charge in [0, 0.05) is 19.2 Å². The first-order valence-electron chi connectivity index (χ1n) is 5.61. The molecule has 17 heavy (non-hydrogen) atoms. The standard InChI is InChI=1S/C12H16N2O3/c1-9-3-4-10(14(16)17)11(7-9)13-6-5-12(2,15)8-13/h3-4,7,15H,5-6,8H2,1-2H3. The van der Waals surface area contributed by atoms with Crippen molar-refractivity contribution in [2.24, 2.45) is 0 Å². The van der Waals surface area contributed by atoms with Crippen LogP contribution in [0.25, 0.3) is 0 Å². The Labute approximate surface area is 99.8 Å². The zero-order valence-electron chi connectivity index (χ0n) is 10.0. The Balaban J connectivity index is 2.38. The highest BCUT2D eigenvalue weighted by Gasteiger charge is 2.34. The van der Waals surface area contributed by atoms with Crippen LogP contribution >= 0.6 is 0 Å². The molecule has 0 amide bonds. The van der Waals surface area contributed by atoms with Crippen LogP contribution in [0, 0.1) is 17.0 Å². The van der Waals surface area contributed by atoms with E-state index >= 15 is 0 Å². The van der Waals surface area contributed by atoms with Crippen molar-refractivity contribution in [3.63, 3.8) is 0 Å². The van der Waals surface area contributed by atoms with E-state index in [1.54, 1.807) is 19.1 Å². The Morgan fingerprint density at radius 3 is 2.76 bits per heavy atom. The van der Waals surface area contributed by atoms with Crippen molar-refractivity contribution >= 4 is 11.4 Å². The molecule has 1 unspecified atom stereocenters. The monoisotopic (exact) mass is 236 g/mol. The molecule has 1 heterocycles. The molecule has 2 rings (SSSR count). The Hall–Kier alpha value is -1.62. The summed E-state index contributed by atoms with van der Waals surface area (Å²) in [5, 5.41) is 20.9. The first-order valence-corrected chi connectivity index (χ1v) is 5.61. The molecule has 0 aromatic heterocycles. The van der Waals surface area contributed by atoms with E-state index in [1.807, 2.05) is 11.8 Å². The summed E-state index contributed by atoms with van der Waals surface area (Å²) in [5.41, 5.74) is 0.940. The van der Waals surface area contributed by atoms with Gasteiger partial charge in [-0.15, -0.1) is 0 Å². The van der Waals surface area contributed by atoms with Gasteiger partial charge < -0.3 is 10.0 Å². The summed E-state index contributed by atoms with van der Waals surface area (Å²) < 4.78 is 0. The van der Waals surface area contributed by atoms with Gasteiger partial charge in [0.05, 0.1) is 10.5 Å². The zero-order valence-corrected chi connectivity index (χ0v) is 10.0. The summed E-state index contributed by atoms with van der Waals surface area (Å²) in [7, 11) is 0. The number of nitrogens with zero attached hydrogens (tertiary/aromatic N) is 2. The van der Waals surface area contributed by atoms with Crippen molar-refractivity contribution in [1.82, 2.24) is 0 Å². The molecule has 5 nitrogen and oxygen atoms in total. The lowest BCUT2D eigenvalue weighted by Crippen LogP contribution is -2.29. The minimum Gasteiger partial charge on any atom is -0.388 e. The first kappa shape index (κ1) is 11.9. The molecule has 1 aromatic carbocycles. The van der Waals surface area contributed by atoms with Gasteiger partial charge in [0.2, 0.25) is 0 Å². The quantitative estimate of drug-likeness (QED) is 0.628. The number of nitro benzene ring substituents is 1. The van der Waals surface area contributed by atoms with Crippen molar-refractivity contribution in [2.45, 2.75) is 25.9 Å². The predicted molar refractivity (Wildman–Crippen MR) is 65.3 cm³/mol. The van der Waals surface area contributed by atoms with Gasteiger partial charge >= 0.3 is 0 Å². The molecule has 92 valence electrons. The second kappa shape index (κ2) is 4.00. The van der Waals surface area contributed by atoms with E-state index in [9.17, 15) is 15.2 Å². The van der Waals surface area contributed by atoms with E-state index in [0.717, 1.165) is 5.56 Å².